The zero-order valence-electron chi connectivity index (χ0n) is 24.9. The van der Waals surface area contributed by atoms with Crippen LogP contribution >= 0.6 is 0 Å². The molecule has 3 aromatic carbocycles. The molecule has 1 saturated heterocycles. The molecule has 11 heteroatoms. The van der Waals surface area contributed by atoms with Gasteiger partial charge < -0.3 is 27.0 Å². The van der Waals surface area contributed by atoms with Gasteiger partial charge in [0, 0.05) is 44.2 Å². The van der Waals surface area contributed by atoms with E-state index >= 15 is 0 Å². The summed E-state index contributed by atoms with van der Waals surface area (Å²) < 4.78 is 40.0. The maximum Gasteiger partial charge on any atom is 0.416 e. The standard InChI is InChI=1S/C34H39F3N6O2/c35-34(36,37)29-15-8-7-14-26(29)17-18-31(44)41-22-27-19-21-43(32(45)30(42-27)16-9-20-40-33(38)39)23-28(24-10-3-1-4-11-24)25-12-5-2-6-13-25/h1-8,10-15,17-18,27-28,30,42H,9,16,19-23H2,(H,41,44)(H4,38,39,40)/b18-17+/t27-,30-/m0/s1. The van der Waals surface area contributed by atoms with E-state index < -0.39 is 23.7 Å². The van der Waals surface area contributed by atoms with Gasteiger partial charge in [0.15, 0.2) is 5.96 Å². The molecule has 8 nitrogen and oxygen atoms in total. The maximum absolute atomic E-state index is 13.9. The van der Waals surface area contributed by atoms with Crippen molar-refractivity contribution in [3.05, 3.63) is 113 Å². The van der Waals surface area contributed by atoms with Gasteiger partial charge in [-0.1, -0.05) is 78.9 Å². The molecule has 1 fully saturated rings. The molecule has 0 saturated carbocycles. The molecule has 0 aromatic heterocycles. The first-order chi connectivity index (χ1) is 21.6. The molecule has 0 aliphatic carbocycles. The van der Waals surface area contributed by atoms with Crippen LogP contribution in [0, 0.1) is 0 Å². The number of nitrogens with one attached hydrogen (secondary N) is 2. The van der Waals surface area contributed by atoms with Crippen LogP contribution < -0.4 is 22.1 Å². The van der Waals surface area contributed by atoms with Crippen LogP contribution in [-0.4, -0.2) is 60.9 Å². The fraction of sp³-hybridized carbons (Fsp3) is 0.324. The highest BCUT2D eigenvalue weighted by Crippen LogP contribution is 2.32. The van der Waals surface area contributed by atoms with Crippen LogP contribution in [0.5, 0.6) is 0 Å². The molecule has 238 valence electrons. The minimum atomic E-state index is -4.53. The van der Waals surface area contributed by atoms with Gasteiger partial charge in [0.25, 0.3) is 0 Å². The normalized spacial score (nSPS) is 17.3. The highest BCUT2D eigenvalue weighted by atomic mass is 19.4. The highest BCUT2D eigenvalue weighted by molar-refractivity contribution is 5.92. The number of carbonyl (C=O) groups is 2. The SMILES string of the molecule is NC(N)=NCCC[C@@H]1N[C@H](CNC(=O)/C=C/c2ccccc2C(F)(F)F)CCN(CC(c2ccccc2)c2ccccc2)C1=O. The molecule has 1 aliphatic heterocycles. The van der Waals surface area contributed by atoms with Gasteiger partial charge in [0.1, 0.15) is 0 Å². The number of guanidine groups is 1. The van der Waals surface area contributed by atoms with E-state index in [-0.39, 0.29) is 35.9 Å². The average Bonchev–Trinajstić information content (AvgIpc) is 3.18. The number of carbonyl (C=O) groups excluding carboxylic acids is 2. The summed E-state index contributed by atoms with van der Waals surface area (Å²) >= 11 is 0. The summed E-state index contributed by atoms with van der Waals surface area (Å²) in [6, 6.07) is 24.4. The molecule has 2 amide bonds. The Labute approximate surface area is 261 Å². The van der Waals surface area contributed by atoms with Gasteiger partial charge in [0.2, 0.25) is 11.8 Å². The van der Waals surface area contributed by atoms with Gasteiger partial charge in [-0.05, 0) is 48.1 Å². The van der Waals surface area contributed by atoms with E-state index in [2.05, 4.69) is 39.9 Å². The number of benzene rings is 3. The van der Waals surface area contributed by atoms with Crippen molar-refractivity contribution in [1.29, 1.82) is 0 Å². The second-order valence-electron chi connectivity index (χ2n) is 11.0. The van der Waals surface area contributed by atoms with Crippen molar-refractivity contribution >= 4 is 23.8 Å². The zero-order valence-corrected chi connectivity index (χ0v) is 24.9. The van der Waals surface area contributed by atoms with Crippen LogP contribution in [0.1, 0.15) is 47.4 Å². The molecular weight excluding hydrogens is 581 g/mol. The van der Waals surface area contributed by atoms with Crippen molar-refractivity contribution in [2.75, 3.05) is 26.2 Å². The van der Waals surface area contributed by atoms with Crippen molar-refractivity contribution in [1.82, 2.24) is 15.5 Å². The molecule has 1 aliphatic rings. The maximum atomic E-state index is 13.9. The number of nitrogens with zero attached hydrogens (tertiary/aromatic N) is 2. The number of halogens is 3. The predicted octanol–water partition coefficient (Wildman–Crippen LogP) is 4.28. The Morgan fingerprint density at radius 3 is 2.24 bits per heavy atom. The lowest BCUT2D eigenvalue weighted by Crippen LogP contribution is -2.49. The van der Waals surface area contributed by atoms with Crippen LogP contribution in [0.25, 0.3) is 6.08 Å². The minimum absolute atomic E-state index is 0.0168. The van der Waals surface area contributed by atoms with Gasteiger partial charge in [-0.15, -0.1) is 0 Å². The third kappa shape index (κ3) is 9.94. The van der Waals surface area contributed by atoms with Crippen LogP contribution in [0.3, 0.4) is 0 Å². The van der Waals surface area contributed by atoms with Gasteiger partial charge in [-0.25, -0.2) is 0 Å². The fourth-order valence-corrected chi connectivity index (χ4v) is 5.48. The van der Waals surface area contributed by atoms with Crippen LogP contribution in [-0.2, 0) is 15.8 Å². The van der Waals surface area contributed by atoms with E-state index in [1.807, 2.05) is 41.3 Å². The van der Waals surface area contributed by atoms with Crippen molar-refractivity contribution in [3.8, 4) is 0 Å². The number of aliphatic imine (C=N–C) groups is 1. The van der Waals surface area contributed by atoms with Crippen molar-refractivity contribution in [3.63, 3.8) is 0 Å². The van der Waals surface area contributed by atoms with Gasteiger partial charge >= 0.3 is 6.18 Å². The summed E-state index contributed by atoms with van der Waals surface area (Å²) in [5.74, 6) is -0.635. The Balaban J connectivity index is 1.47. The largest absolute Gasteiger partial charge is 0.416 e. The quantitative estimate of drug-likeness (QED) is 0.104. The lowest BCUT2D eigenvalue weighted by molar-refractivity contribution is -0.137. The Bertz CT molecular complexity index is 1420. The summed E-state index contributed by atoms with van der Waals surface area (Å²) in [5.41, 5.74) is 12.2. The van der Waals surface area contributed by atoms with Gasteiger partial charge in [-0.3, -0.25) is 14.6 Å². The van der Waals surface area contributed by atoms with Crippen LogP contribution in [0.15, 0.2) is 96.0 Å². The lowest BCUT2D eigenvalue weighted by Gasteiger charge is -2.29. The molecule has 0 bridgehead atoms. The first-order valence-corrected chi connectivity index (χ1v) is 14.9. The highest BCUT2D eigenvalue weighted by Gasteiger charge is 2.33. The van der Waals surface area contributed by atoms with E-state index in [1.165, 1.54) is 18.2 Å². The minimum Gasteiger partial charge on any atom is -0.370 e. The molecule has 0 unspecified atom stereocenters. The number of alkyl halides is 3. The number of hydrogen-bond donors (Lipinski definition) is 4. The summed E-state index contributed by atoms with van der Waals surface area (Å²) in [7, 11) is 0. The number of hydrogen-bond acceptors (Lipinski definition) is 4. The van der Waals surface area contributed by atoms with E-state index in [0.717, 1.165) is 29.3 Å². The van der Waals surface area contributed by atoms with Crippen LogP contribution in [0.4, 0.5) is 13.2 Å². The second kappa shape index (κ2) is 15.9. The molecule has 1 heterocycles. The monoisotopic (exact) mass is 620 g/mol. The Kier molecular flexibility index (Phi) is 11.7. The van der Waals surface area contributed by atoms with E-state index in [4.69, 9.17) is 11.5 Å². The molecular formula is C34H39F3N6O2. The lowest BCUT2D eigenvalue weighted by atomic mass is 9.90. The van der Waals surface area contributed by atoms with Crippen molar-refractivity contribution < 1.29 is 22.8 Å². The van der Waals surface area contributed by atoms with Crippen molar-refractivity contribution in [2.24, 2.45) is 16.5 Å². The van der Waals surface area contributed by atoms with E-state index in [9.17, 15) is 22.8 Å². The second-order valence-corrected chi connectivity index (χ2v) is 11.0. The summed E-state index contributed by atoms with van der Waals surface area (Å²) in [6.07, 6.45) is -0.675. The first-order valence-electron chi connectivity index (χ1n) is 14.9. The Morgan fingerprint density at radius 1 is 1.00 bits per heavy atom. The predicted molar refractivity (Wildman–Crippen MR) is 170 cm³/mol. The third-order valence-corrected chi connectivity index (χ3v) is 7.75. The van der Waals surface area contributed by atoms with Crippen LogP contribution in [0.2, 0.25) is 0 Å². The zero-order chi connectivity index (χ0) is 32.2. The number of amides is 2. The molecule has 3 aromatic rings. The smallest absolute Gasteiger partial charge is 0.370 e. The number of nitrogens with two attached hydrogens (primary N) is 2. The molecule has 45 heavy (non-hydrogen) atoms. The summed E-state index contributed by atoms with van der Waals surface area (Å²) in [4.78, 5) is 32.5. The molecule has 0 spiro atoms. The Morgan fingerprint density at radius 2 is 1.62 bits per heavy atom. The topological polar surface area (TPSA) is 126 Å². The number of rotatable bonds is 12. The molecule has 0 radical (unpaired) electrons. The fourth-order valence-electron chi connectivity index (χ4n) is 5.48. The summed E-state index contributed by atoms with van der Waals surface area (Å²) in [5, 5.41) is 6.18. The summed E-state index contributed by atoms with van der Waals surface area (Å²) in [6.45, 7) is 1.49. The third-order valence-electron chi connectivity index (χ3n) is 7.75. The van der Waals surface area contributed by atoms with Gasteiger partial charge in [-0.2, -0.15) is 13.2 Å². The van der Waals surface area contributed by atoms with E-state index in [1.54, 1.807) is 0 Å². The van der Waals surface area contributed by atoms with Crippen molar-refractivity contribution in [2.45, 2.75) is 43.4 Å². The Hall–Kier alpha value is -4.64. The molecule has 2 atom stereocenters. The average molecular weight is 621 g/mol. The van der Waals surface area contributed by atoms with E-state index in [0.29, 0.717) is 38.9 Å². The molecule has 4 rings (SSSR count). The first kappa shape index (κ1) is 33.3. The van der Waals surface area contributed by atoms with Gasteiger partial charge in [0.05, 0.1) is 11.6 Å². The molecule has 6 N–H and O–H groups in total.